The number of hydrogen-bond donors (Lipinski definition) is 1. The van der Waals surface area contributed by atoms with Crippen molar-refractivity contribution >= 4 is 21.2 Å². The van der Waals surface area contributed by atoms with E-state index in [1.807, 2.05) is 18.4 Å². The Balaban J connectivity index is 2.30. The van der Waals surface area contributed by atoms with Crippen molar-refractivity contribution < 1.29 is 8.42 Å². The van der Waals surface area contributed by atoms with Crippen molar-refractivity contribution in [1.29, 1.82) is 0 Å². The molecule has 1 aromatic heterocycles. The first-order valence-corrected chi connectivity index (χ1v) is 10.2. The van der Waals surface area contributed by atoms with Crippen LogP contribution >= 0.6 is 11.3 Å². The Kier molecular flexibility index (Phi) is 5.16. The summed E-state index contributed by atoms with van der Waals surface area (Å²) >= 11 is 1.34. The van der Waals surface area contributed by atoms with Gasteiger partial charge in [0.05, 0.1) is 5.25 Å². The summed E-state index contributed by atoms with van der Waals surface area (Å²) < 4.78 is 26.5. The van der Waals surface area contributed by atoms with Crippen LogP contribution < -0.4 is 5.32 Å². The summed E-state index contributed by atoms with van der Waals surface area (Å²) in [5, 5.41) is 4.95. The van der Waals surface area contributed by atoms with Gasteiger partial charge in [-0.1, -0.05) is 33.8 Å². The molecule has 1 N–H and O–H groups in total. The van der Waals surface area contributed by atoms with E-state index in [1.165, 1.54) is 11.3 Å². The van der Waals surface area contributed by atoms with Gasteiger partial charge in [0.2, 0.25) is 0 Å². The maximum absolute atomic E-state index is 13.0. The molecule has 1 aliphatic rings. The second-order valence-corrected chi connectivity index (χ2v) is 10.4. The summed E-state index contributed by atoms with van der Waals surface area (Å²) in [5.41, 5.74) is 0.167. The van der Waals surface area contributed by atoms with Gasteiger partial charge in [0.15, 0.2) is 9.84 Å². The van der Waals surface area contributed by atoms with Gasteiger partial charge < -0.3 is 5.32 Å². The first kappa shape index (κ1) is 17.0. The molecule has 0 spiro atoms. The summed E-state index contributed by atoms with van der Waals surface area (Å²) in [6.07, 6.45) is 2.82. The second kappa shape index (κ2) is 6.39. The molecule has 120 valence electrons. The molecule has 21 heavy (non-hydrogen) atoms. The highest BCUT2D eigenvalue weighted by Gasteiger charge is 2.42. The third-order valence-corrected chi connectivity index (χ3v) is 8.32. The Labute approximate surface area is 133 Å². The third kappa shape index (κ3) is 3.69. The highest BCUT2D eigenvalue weighted by molar-refractivity contribution is 7.94. The smallest absolute Gasteiger partial charge is 0.192 e. The predicted molar refractivity (Wildman–Crippen MR) is 89.6 cm³/mol. The Bertz CT molecular complexity index is 543. The zero-order chi connectivity index (χ0) is 15.7. The van der Waals surface area contributed by atoms with Crippen LogP contribution in [0.4, 0.5) is 0 Å². The molecule has 0 aliphatic heterocycles. The van der Waals surface area contributed by atoms with Crippen molar-refractivity contribution in [3.8, 4) is 0 Å². The van der Waals surface area contributed by atoms with Crippen molar-refractivity contribution in [1.82, 2.24) is 5.32 Å². The lowest BCUT2D eigenvalue weighted by molar-refractivity contribution is 0.163. The average molecular weight is 330 g/mol. The van der Waals surface area contributed by atoms with E-state index >= 15 is 0 Å². The lowest BCUT2D eigenvalue weighted by Crippen LogP contribution is -2.49. The third-order valence-electron chi connectivity index (χ3n) is 4.66. The Morgan fingerprint density at radius 2 is 2.05 bits per heavy atom. The topological polar surface area (TPSA) is 46.2 Å². The molecule has 1 aliphatic carbocycles. The Morgan fingerprint density at radius 3 is 2.57 bits per heavy atom. The molecule has 0 saturated heterocycles. The van der Waals surface area contributed by atoms with Crippen LogP contribution in [0.1, 0.15) is 47.0 Å². The average Bonchev–Trinajstić information content (AvgIpc) is 2.92. The normalized spacial score (nSPS) is 27.7. The van der Waals surface area contributed by atoms with E-state index in [2.05, 4.69) is 26.1 Å². The van der Waals surface area contributed by atoms with Crippen molar-refractivity contribution in [3.63, 3.8) is 0 Å². The molecular weight excluding hydrogens is 302 g/mol. The second-order valence-electron chi connectivity index (χ2n) is 7.06. The minimum absolute atomic E-state index is 0.0840. The van der Waals surface area contributed by atoms with Gasteiger partial charge in [-0.05, 0) is 48.6 Å². The van der Waals surface area contributed by atoms with Gasteiger partial charge in [0.25, 0.3) is 0 Å². The van der Waals surface area contributed by atoms with E-state index in [-0.39, 0.29) is 16.7 Å². The standard InChI is InChI=1S/C16H27NO2S2/c1-5-17-13-9-8-12(16(2,3)4)11-14(13)21(18,19)15-7-6-10-20-15/h6-7,10,12-14,17H,5,8-9,11H2,1-4H3. The van der Waals surface area contributed by atoms with Gasteiger partial charge in [0.1, 0.15) is 4.21 Å². The fourth-order valence-electron chi connectivity index (χ4n) is 3.33. The molecule has 1 saturated carbocycles. The Hall–Kier alpha value is -0.390. The van der Waals surface area contributed by atoms with E-state index in [1.54, 1.807) is 6.07 Å². The monoisotopic (exact) mass is 329 g/mol. The number of sulfone groups is 1. The molecule has 0 radical (unpaired) electrons. The van der Waals surface area contributed by atoms with Crippen LogP contribution in [0.25, 0.3) is 0 Å². The molecule has 0 amide bonds. The first-order valence-electron chi connectivity index (χ1n) is 7.77. The van der Waals surface area contributed by atoms with E-state index < -0.39 is 9.84 Å². The summed E-state index contributed by atoms with van der Waals surface area (Å²) in [4.78, 5) is 0. The van der Waals surface area contributed by atoms with Crippen LogP contribution in [-0.2, 0) is 9.84 Å². The molecule has 0 bridgehead atoms. The number of rotatable bonds is 4. The fraction of sp³-hybridized carbons (Fsp3) is 0.750. The van der Waals surface area contributed by atoms with Crippen LogP contribution in [0.2, 0.25) is 0 Å². The van der Waals surface area contributed by atoms with E-state index in [0.717, 1.165) is 25.8 Å². The van der Waals surface area contributed by atoms with Crippen molar-refractivity contribution in [2.45, 2.75) is 62.5 Å². The van der Waals surface area contributed by atoms with E-state index in [9.17, 15) is 8.42 Å². The highest BCUT2D eigenvalue weighted by atomic mass is 32.2. The zero-order valence-corrected chi connectivity index (χ0v) is 15.1. The van der Waals surface area contributed by atoms with Crippen LogP contribution in [0, 0.1) is 11.3 Å². The van der Waals surface area contributed by atoms with Gasteiger partial charge in [-0.3, -0.25) is 0 Å². The van der Waals surface area contributed by atoms with Crippen LogP contribution in [0.3, 0.4) is 0 Å². The Morgan fingerprint density at radius 1 is 1.33 bits per heavy atom. The van der Waals surface area contributed by atoms with Crippen molar-refractivity contribution in [2.24, 2.45) is 11.3 Å². The van der Waals surface area contributed by atoms with Crippen molar-refractivity contribution in [2.75, 3.05) is 6.54 Å². The van der Waals surface area contributed by atoms with Gasteiger partial charge >= 0.3 is 0 Å². The molecular formula is C16H27NO2S2. The zero-order valence-electron chi connectivity index (χ0n) is 13.4. The van der Waals surface area contributed by atoms with Crippen LogP contribution in [-0.4, -0.2) is 26.3 Å². The highest BCUT2D eigenvalue weighted by Crippen LogP contribution is 2.41. The quantitative estimate of drug-likeness (QED) is 0.916. The summed E-state index contributed by atoms with van der Waals surface area (Å²) in [7, 11) is -3.23. The maximum atomic E-state index is 13.0. The predicted octanol–water partition coefficient (Wildman–Crippen LogP) is 3.71. The lowest BCUT2D eigenvalue weighted by atomic mass is 9.71. The van der Waals surface area contributed by atoms with Gasteiger partial charge in [-0.15, -0.1) is 11.3 Å². The van der Waals surface area contributed by atoms with Gasteiger partial charge in [-0.2, -0.15) is 0 Å². The van der Waals surface area contributed by atoms with E-state index in [0.29, 0.717) is 10.1 Å². The van der Waals surface area contributed by atoms with E-state index in [4.69, 9.17) is 0 Å². The fourth-order valence-corrected chi connectivity index (χ4v) is 6.57. The molecule has 5 heteroatoms. The summed E-state index contributed by atoms with van der Waals surface area (Å²) in [5.74, 6) is 0.465. The molecule has 1 heterocycles. The van der Waals surface area contributed by atoms with Gasteiger partial charge in [0, 0.05) is 6.04 Å². The molecule has 0 aromatic carbocycles. The summed E-state index contributed by atoms with van der Waals surface area (Å²) in [6.45, 7) is 9.53. The lowest BCUT2D eigenvalue weighted by Gasteiger charge is -2.41. The number of thiophene rings is 1. The SMILES string of the molecule is CCNC1CCC(C(C)(C)C)CC1S(=O)(=O)c1cccs1. The molecule has 3 nitrogen and oxygen atoms in total. The van der Waals surface area contributed by atoms with Gasteiger partial charge in [-0.25, -0.2) is 8.42 Å². The minimum Gasteiger partial charge on any atom is -0.313 e. The molecule has 1 aromatic rings. The first-order chi connectivity index (χ1) is 9.76. The summed E-state index contributed by atoms with van der Waals surface area (Å²) in [6, 6.07) is 3.65. The number of hydrogen-bond acceptors (Lipinski definition) is 4. The number of nitrogens with one attached hydrogen (secondary N) is 1. The molecule has 3 unspecified atom stereocenters. The maximum Gasteiger partial charge on any atom is 0.192 e. The molecule has 3 atom stereocenters. The van der Waals surface area contributed by atoms with Crippen molar-refractivity contribution in [3.05, 3.63) is 17.5 Å². The molecule has 2 rings (SSSR count). The molecule has 1 fully saturated rings. The van der Waals surface area contributed by atoms with Crippen LogP contribution in [0.15, 0.2) is 21.7 Å². The largest absolute Gasteiger partial charge is 0.313 e. The van der Waals surface area contributed by atoms with Crippen LogP contribution in [0.5, 0.6) is 0 Å². The minimum atomic E-state index is -3.23.